The van der Waals surface area contributed by atoms with Crippen LogP contribution in [-0.2, 0) is 4.57 Å². The maximum Gasteiger partial charge on any atom is 0.413 e. The van der Waals surface area contributed by atoms with E-state index in [1.807, 2.05) is 0 Å². The smallest absolute Gasteiger partial charge is 0.343 e. The average Bonchev–Trinajstić information content (AvgIpc) is 2.62. The van der Waals surface area contributed by atoms with Crippen molar-refractivity contribution >= 4 is 13.2 Å². The first-order valence-corrected chi connectivity index (χ1v) is 6.44. The Morgan fingerprint density at radius 2 is 2.00 bits per heavy atom. The van der Waals surface area contributed by atoms with E-state index in [1.54, 1.807) is 0 Å². The van der Waals surface area contributed by atoms with E-state index < -0.39 is 13.2 Å². The standard InChI is InChI=1S/C8H14NO4P/c10-8(14(11,12)13)9-7-4-5-1-2-6(7)3-5/h5-7H,1-4H2,(H,9,10)(H2,11,12,13)/t5-,6+,7-/m1/s1. The van der Waals surface area contributed by atoms with Gasteiger partial charge in [0.05, 0.1) is 0 Å². The maximum atomic E-state index is 11.0. The molecule has 2 bridgehead atoms. The monoisotopic (exact) mass is 219 g/mol. The van der Waals surface area contributed by atoms with Gasteiger partial charge in [0.15, 0.2) is 0 Å². The van der Waals surface area contributed by atoms with E-state index in [2.05, 4.69) is 5.32 Å². The second kappa shape index (κ2) is 3.33. The molecule has 0 unspecified atom stereocenters. The second-order valence-electron chi connectivity index (χ2n) is 4.27. The van der Waals surface area contributed by atoms with E-state index in [0.29, 0.717) is 11.8 Å². The van der Waals surface area contributed by atoms with Crippen LogP contribution in [0.3, 0.4) is 0 Å². The van der Waals surface area contributed by atoms with Crippen molar-refractivity contribution in [2.45, 2.75) is 31.7 Å². The largest absolute Gasteiger partial charge is 0.413 e. The molecule has 2 fully saturated rings. The average molecular weight is 219 g/mol. The van der Waals surface area contributed by atoms with Crippen LogP contribution < -0.4 is 5.32 Å². The van der Waals surface area contributed by atoms with Crippen molar-refractivity contribution in [2.24, 2.45) is 11.8 Å². The van der Waals surface area contributed by atoms with Gasteiger partial charge in [0.1, 0.15) is 0 Å². The van der Waals surface area contributed by atoms with E-state index in [-0.39, 0.29) is 6.04 Å². The van der Waals surface area contributed by atoms with Crippen LogP contribution in [0.4, 0.5) is 4.79 Å². The lowest BCUT2D eigenvalue weighted by molar-refractivity contribution is 0.239. The minimum atomic E-state index is -4.58. The zero-order valence-electron chi connectivity index (χ0n) is 7.72. The Morgan fingerprint density at radius 1 is 1.29 bits per heavy atom. The Hall–Kier alpha value is -0.380. The number of hydrogen-bond acceptors (Lipinski definition) is 2. The van der Waals surface area contributed by atoms with Crippen molar-refractivity contribution in [2.75, 3.05) is 0 Å². The zero-order chi connectivity index (χ0) is 10.3. The van der Waals surface area contributed by atoms with Crippen molar-refractivity contribution in [1.29, 1.82) is 0 Å². The third kappa shape index (κ3) is 1.85. The minimum Gasteiger partial charge on any atom is -0.343 e. The normalized spacial score (nSPS) is 36.0. The molecule has 2 saturated carbocycles. The minimum absolute atomic E-state index is 0.00567. The molecule has 0 saturated heterocycles. The Balaban J connectivity index is 1.93. The Bertz CT molecular complexity index is 300. The van der Waals surface area contributed by atoms with E-state index in [1.165, 1.54) is 6.42 Å². The first kappa shape index (κ1) is 10.1. The summed E-state index contributed by atoms with van der Waals surface area (Å²) in [6.45, 7) is 0. The van der Waals surface area contributed by atoms with Crippen LogP contribution in [0.2, 0.25) is 0 Å². The molecule has 3 N–H and O–H groups in total. The van der Waals surface area contributed by atoms with Gasteiger partial charge in [-0.15, -0.1) is 0 Å². The molecular weight excluding hydrogens is 205 g/mol. The molecule has 0 radical (unpaired) electrons. The summed E-state index contributed by atoms with van der Waals surface area (Å²) >= 11 is 0. The molecular formula is C8H14NO4P. The molecule has 0 aliphatic heterocycles. The first-order valence-electron chi connectivity index (χ1n) is 4.83. The topological polar surface area (TPSA) is 86.6 Å². The van der Waals surface area contributed by atoms with Gasteiger partial charge in [-0.1, -0.05) is 6.42 Å². The number of amides is 1. The van der Waals surface area contributed by atoms with E-state index in [0.717, 1.165) is 19.3 Å². The summed E-state index contributed by atoms with van der Waals surface area (Å²) in [6.07, 6.45) is 4.27. The molecule has 2 aliphatic rings. The van der Waals surface area contributed by atoms with Crippen LogP contribution in [-0.4, -0.2) is 21.5 Å². The van der Waals surface area contributed by atoms with Gasteiger partial charge >= 0.3 is 13.2 Å². The number of carbonyl (C=O) groups excluding carboxylic acids is 1. The van der Waals surface area contributed by atoms with Crippen LogP contribution in [0.1, 0.15) is 25.7 Å². The molecule has 2 aliphatic carbocycles. The summed E-state index contributed by atoms with van der Waals surface area (Å²) in [6, 6.07) is -0.00567. The van der Waals surface area contributed by atoms with Crippen LogP contribution >= 0.6 is 7.60 Å². The molecule has 0 heterocycles. The van der Waals surface area contributed by atoms with E-state index >= 15 is 0 Å². The summed E-state index contributed by atoms with van der Waals surface area (Å²) in [5, 5.41) is 2.45. The predicted molar refractivity (Wildman–Crippen MR) is 49.8 cm³/mol. The number of carbonyl (C=O) groups is 1. The highest BCUT2D eigenvalue weighted by Gasteiger charge is 2.41. The van der Waals surface area contributed by atoms with E-state index in [4.69, 9.17) is 9.79 Å². The molecule has 0 aromatic carbocycles. The van der Waals surface area contributed by atoms with Crippen molar-refractivity contribution in [3.8, 4) is 0 Å². The van der Waals surface area contributed by atoms with Gasteiger partial charge < -0.3 is 15.1 Å². The summed E-state index contributed by atoms with van der Waals surface area (Å²) in [5.74, 6) is 1.09. The third-order valence-corrected chi connectivity index (χ3v) is 3.97. The predicted octanol–water partition coefficient (Wildman–Crippen LogP) is 1.06. The highest BCUT2D eigenvalue weighted by Crippen LogP contribution is 2.45. The maximum absolute atomic E-state index is 11.0. The summed E-state index contributed by atoms with van der Waals surface area (Å²) < 4.78 is 10.6. The van der Waals surface area contributed by atoms with Crippen molar-refractivity contribution in [1.82, 2.24) is 5.32 Å². The molecule has 14 heavy (non-hydrogen) atoms. The fourth-order valence-electron chi connectivity index (χ4n) is 2.66. The zero-order valence-corrected chi connectivity index (χ0v) is 8.61. The Kier molecular flexibility index (Phi) is 2.41. The molecule has 80 valence electrons. The molecule has 5 nitrogen and oxygen atoms in total. The van der Waals surface area contributed by atoms with E-state index in [9.17, 15) is 9.36 Å². The third-order valence-electron chi connectivity index (χ3n) is 3.31. The highest BCUT2D eigenvalue weighted by molar-refractivity contribution is 7.69. The lowest BCUT2D eigenvalue weighted by Gasteiger charge is -2.22. The van der Waals surface area contributed by atoms with Gasteiger partial charge in [-0.05, 0) is 31.1 Å². The Morgan fingerprint density at radius 3 is 2.43 bits per heavy atom. The van der Waals surface area contributed by atoms with Gasteiger partial charge in [-0.2, -0.15) is 0 Å². The quantitative estimate of drug-likeness (QED) is 0.606. The van der Waals surface area contributed by atoms with Crippen molar-refractivity contribution in [3.05, 3.63) is 0 Å². The van der Waals surface area contributed by atoms with Crippen molar-refractivity contribution in [3.63, 3.8) is 0 Å². The van der Waals surface area contributed by atoms with Gasteiger partial charge in [-0.25, -0.2) is 4.57 Å². The van der Waals surface area contributed by atoms with Crippen LogP contribution in [0.5, 0.6) is 0 Å². The highest BCUT2D eigenvalue weighted by atomic mass is 31.2. The molecule has 1 amide bonds. The second-order valence-corrected chi connectivity index (χ2v) is 5.77. The lowest BCUT2D eigenvalue weighted by Crippen LogP contribution is -2.37. The SMILES string of the molecule is O=C(N[C@@H]1C[C@@H]2CC[C@H]1C2)P(=O)(O)O. The van der Waals surface area contributed by atoms with Gasteiger partial charge in [-0.3, -0.25) is 4.79 Å². The number of rotatable bonds is 2. The molecule has 2 rings (SSSR count). The molecule has 0 aromatic rings. The van der Waals surface area contributed by atoms with Crippen LogP contribution in [0.25, 0.3) is 0 Å². The fourth-order valence-corrected chi connectivity index (χ4v) is 3.00. The van der Waals surface area contributed by atoms with Gasteiger partial charge in [0.25, 0.3) is 0 Å². The van der Waals surface area contributed by atoms with Crippen molar-refractivity contribution < 1.29 is 19.1 Å². The summed E-state index contributed by atoms with van der Waals surface area (Å²) in [5.41, 5.74) is -1.12. The number of fused-ring (bicyclic) bond motifs is 2. The Labute approximate surface area is 82.0 Å². The lowest BCUT2D eigenvalue weighted by atomic mass is 9.96. The van der Waals surface area contributed by atoms with Gasteiger partial charge in [0, 0.05) is 6.04 Å². The number of hydrogen-bond donors (Lipinski definition) is 3. The number of nitrogens with one attached hydrogen (secondary N) is 1. The molecule has 0 aromatic heterocycles. The van der Waals surface area contributed by atoms with Crippen LogP contribution in [0, 0.1) is 11.8 Å². The summed E-state index contributed by atoms with van der Waals surface area (Å²) in [4.78, 5) is 28.3. The molecule has 6 heteroatoms. The first-order chi connectivity index (χ1) is 6.47. The van der Waals surface area contributed by atoms with Gasteiger partial charge in [0.2, 0.25) is 0 Å². The molecule has 3 atom stereocenters. The fraction of sp³-hybridized carbons (Fsp3) is 0.875. The van der Waals surface area contributed by atoms with Crippen LogP contribution in [0.15, 0.2) is 0 Å². The molecule has 0 spiro atoms. The summed E-state index contributed by atoms with van der Waals surface area (Å²) in [7, 11) is -4.58.